The third-order valence-corrected chi connectivity index (χ3v) is 3.29. The molecule has 0 bridgehead atoms. The molecule has 0 heterocycles. The summed E-state index contributed by atoms with van der Waals surface area (Å²) in [5.74, 6) is 0.458. The van der Waals surface area contributed by atoms with Crippen molar-refractivity contribution >= 4 is 19.9 Å². The Bertz CT molecular complexity index is 162. The van der Waals surface area contributed by atoms with E-state index in [1.165, 1.54) is 0 Å². The zero-order valence-electron chi connectivity index (χ0n) is 5.61. The van der Waals surface area contributed by atoms with E-state index < -0.39 is 9.15 Å². The smallest absolute Gasteiger partial charge is 0.234 e. The predicted octanol–water partition coefficient (Wildman–Crippen LogP) is 1.25. The molecule has 0 fully saturated rings. The van der Waals surface area contributed by atoms with E-state index in [1.807, 2.05) is 6.92 Å². The first-order valence-corrected chi connectivity index (χ1v) is 5.76. The molecule has 10 heavy (non-hydrogen) atoms. The van der Waals surface area contributed by atoms with Gasteiger partial charge < -0.3 is 0 Å². The summed E-state index contributed by atoms with van der Waals surface area (Å²) in [6.07, 6.45) is 1.72. The molecule has 0 unspecified atom stereocenters. The van der Waals surface area contributed by atoms with Crippen LogP contribution in [0.2, 0.25) is 0 Å². The fourth-order valence-corrected chi connectivity index (χ4v) is 2.08. The molecule has 4 nitrogen and oxygen atoms in total. The van der Waals surface area contributed by atoms with E-state index in [2.05, 4.69) is 4.33 Å². The van der Waals surface area contributed by atoms with Crippen LogP contribution in [0.15, 0.2) is 0 Å². The summed E-state index contributed by atoms with van der Waals surface area (Å²) in [5, 5.41) is 7.78. The van der Waals surface area contributed by atoms with Gasteiger partial charge in [0.15, 0.2) is 0 Å². The first kappa shape index (κ1) is 10.2. The molecule has 0 aromatic carbocycles. The molecule has 0 atom stereocenters. The van der Waals surface area contributed by atoms with Crippen LogP contribution in [0.4, 0.5) is 0 Å². The summed E-state index contributed by atoms with van der Waals surface area (Å²) in [5.41, 5.74) is 0. The van der Waals surface area contributed by atoms with Crippen LogP contribution in [0.1, 0.15) is 19.8 Å². The zero-order chi connectivity index (χ0) is 8.04. The molecule has 0 aliphatic carbocycles. The van der Waals surface area contributed by atoms with E-state index in [1.54, 1.807) is 0 Å². The van der Waals surface area contributed by atoms with Crippen LogP contribution >= 0.6 is 10.8 Å². The Hall–Kier alpha value is 0.220. The van der Waals surface area contributed by atoms with E-state index in [-0.39, 0.29) is 0 Å². The molecule has 0 aliphatic heterocycles. The van der Waals surface area contributed by atoms with Crippen molar-refractivity contribution < 1.29 is 18.0 Å². The Kier molecular flexibility index (Phi) is 5.06. The molecule has 0 amide bonds. The van der Waals surface area contributed by atoms with Crippen molar-refractivity contribution in [1.82, 2.24) is 0 Å². The monoisotopic (exact) mass is 186 g/mol. The van der Waals surface area contributed by atoms with Crippen LogP contribution in [0.25, 0.3) is 0 Å². The Morgan fingerprint density at radius 1 is 1.60 bits per heavy atom. The quantitative estimate of drug-likeness (QED) is 0.303. The van der Waals surface area contributed by atoms with Crippen molar-refractivity contribution in [2.75, 3.05) is 5.75 Å². The second-order valence-corrected chi connectivity index (χ2v) is 5.20. The van der Waals surface area contributed by atoms with Crippen molar-refractivity contribution in [3.8, 4) is 0 Å². The lowest BCUT2D eigenvalue weighted by atomic mass is 10.4. The molecular weight excluding hydrogens is 176 g/mol. The summed E-state index contributed by atoms with van der Waals surface area (Å²) in [6, 6.07) is 0. The molecule has 0 saturated carbocycles. The van der Waals surface area contributed by atoms with Gasteiger partial charge in [0.1, 0.15) is 0 Å². The maximum absolute atomic E-state index is 10.4. The van der Waals surface area contributed by atoms with Crippen molar-refractivity contribution in [1.29, 1.82) is 0 Å². The molecule has 0 rings (SSSR count). The van der Waals surface area contributed by atoms with Crippen LogP contribution in [-0.2, 0) is 13.5 Å². The van der Waals surface area contributed by atoms with E-state index in [4.69, 9.17) is 5.26 Å². The normalized spacial score (nSPS) is 11.8. The SMILES string of the molecule is CCCCSS(=O)(=O)OO. The summed E-state index contributed by atoms with van der Waals surface area (Å²) in [7, 11) is -3.12. The summed E-state index contributed by atoms with van der Waals surface area (Å²) in [6.45, 7) is 1.95. The number of hydrogen-bond donors (Lipinski definition) is 1. The van der Waals surface area contributed by atoms with Crippen molar-refractivity contribution in [3.63, 3.8) is 0 Å². The highest BCUT2D eigenvalue weighted by Gasteiger charge is 2.09. The minimum atomic E-state index is -3.72. The van der Waals surface area contributed by atoms with Gasteiger partial charge in [0.05, 0.1) is 0 Å². The van der Waals surface area contributed by atoms with Crippen molar-refractivity contribution in [3.05, 3.63) is 0 Å². The molecule has 0 aromatic rings. The Balaban J connectivity index is 3.49. The third-order valence-electron chi connectivity index (χ3n) is 0.817. The highest BCUT2D eigenvalue weighted by Crippen LogP contribution is 2.14. The fourth-order valence-electron chi connectivity index (χ4n) is 0.327. The molecule has 0 aliphatic rings. The van der Waals surface area contributed by atoms with E-state index in [0.717, 1.165) is 12.8 Å². The van der Waals surface area contributed by atoms with Gasteiger partial charge >= 0.3 is 9.15 Å². The largest absolute Gasteiger partial charge is 0.348 e. The van der Waals surface area contributed by atoms with Gasteiger partial charge in [-0.1, -0.05) is 13.3 Å². The second-order valence-electron chi connectivity index (χ2n) is 1.66. The number of unbranched alkanes of at least 4 members (excludes halogenated alkanes) is 1. The van der Waals surface area contributed by atoms with Gasteiger partial charge in [-0.15, -0.1) is 4.33 Å². The summed E-state index contributed by atoms with van der Waals surface area (Å²) in [4.78, 5) is 0. The molecule has 0 saturated heterocycles. The zero-order valence-corrected chi connectivity index (χ0v) is 7.24. The summed E-state index contributed by atoms with van der Waals surface area (Å²) < 4.78 is 23.9. The van der Waals surface area contributed by atoms with E-state index in [9.17, 15) is 8.42 Å². The van der Waals surface area contributed by atoms with Crippen molar-refractivity contribution in [2.24, 2.45) is 0 Å². The second kappa shape index (κ2) is 4.95. The molecule has 6 heteroatoms. The lowest BCUT2D eigenvalue weighted by Crippen LogP contribution is -1.97. The molecule has 0 spiro atoms. The highest BCUT2D eigenvalue weighted by molar-refractivity contribution is 8.70. The number of rotatable bonds is 5. The Morgan fingerprint density at radius 2 is 2.20 bits per heavy atom. The maximum Gasteiger partial charge on any atom is 0.348 e. The van der Waals surface area contributed by atoms with Gasteiger partial charge in [0.2, 0.25) is 0 Å². The van der Waals surface area contributed by atoms with Crippen LogP contribution in [0.3, 0.4) is 0 Å². The minimum absolute atomic E-state index is 0.458. The van der Waals surface area contributed by atoms with Crippen LogP contribution in [0, 0.1) is 0 Å². The number of hydrogen-bond acceptors (Lipinski definition) is 5. The molecule has 0 aromatic heterocycles. The first-order chi connectivity index (χ1) is 4.62. The third kappa shape index (κ3) is 5.04. The lowest BCUT2D eigenvalue weighted by Gasteiger charge is -1.95. The standard InChI is InChI=1S/C4H10O4S2/c1-2-3-4-9-10(6,7)8-5/h5H,2-4H2,1H3. The minimum Gasteiger partial charge on any atom is -0.234 e. The van der Waals surface area contributed by atoms with E-state index >= 15 is 0 Å². The predicted molar refractivity (Wildman–Crippen MR) is 40.0 cm³/mol. The van der Waals surface area contributed by atoms with Gasteiger partial charge in [0, 0.05) is 5.75 Å². The van der Waals surface area contributed by atoms with Crippen molar-refractivity contribution in [2.45, 2.75) is 19.8 Å². The topological polar surface area (TPSA) is 63.6 Å². The highest BCUT2D eigenvalue weighted by atomic mass is 33.1. The van der Waals surface area contributed by atoms with Gasteiger partial charge in [-0.05, 0) is 17.2 Å². The Labute approximate surface area is 64.0 Å². The molecule has 1 N–H and O–H groups in total. The molecule has 0 radical (unpaired) electrons. The van der Waals surface area contributed by atoms with Gasteiger partial charge in [0.25, 0.3) is 0 Å². The first-order valence-electron chi connectivity index (χ1n) is 2.85. The molecule has 62 valence electrons. The molecular formula is C4H10O4S2. The van der Waals surface area contributed by atoms with Gasteiger partial charge in [-0.25, -0.2) is 5.26 Å². The average molecular weight is 186 g/mol. The van der Waals surface area contributed by atoms with Crippen LogP contribution in [0.5, 0.6) is 0 Å². The Morgan fingerprint density at radius 3 is 2.60 bits per heavy atom. The van der Waals surface area contributed by atoms with Gasteiger partial charge in [-0.3, -0.25) is 0 Å². The van der Waals surface area contributed by atoms with E-state index in [0.29, 0.717) is 16.5 Å². The maximum atomic E-state index is 10.4. The lowest BCUT2D eigenvalue weighted by molar-refractivity contribution is -0.127. The fraction of sp³-hybridized carbons (Fsp3) is 1.00. The van der Waals surface area contributed by atoms with Crippen LogP contribution < -0.4 is 0 Å². The van der Waals surface area contributed by atoms with Gasteiger partial charge in [-0.2, -0.15) is 8.42 Å². The average Bonchev–Trinajstić information content (AvgIpc) is 1.89. The summed E-state index contributed by atoms with van der Waals surface area (Å²) >= 11 is 0. The van der Waals surface area contributed by atoms with Crippen LogP contribution in [-0.4, -0.2) is 19.4 Å².